The first-order valence-corrected chi connectivity index (χ1v) is 8.85. The van der Waals surface area contributed by atoms with Crippen molar-refractivity contribution in [3.63, 3.8) is 0 Å². The van der Waals surface area contributed by atoms with Crippen molar-refractivity contribution in [3.05, 3.63) is 35.0 Å². The molecule has 0 bridgehead atoms. The number of nitrogens with one attached hydrogen (secondary N) is 2. The van der Waals surface area contributed by atoms with E-state index < -0.39 is 15.6 Å². The first kappa shape index (κ1) is 15.9. The van der Waals surface area contributed by atoms with Crippen LogP contribution in [0.1, 0.15) is 25.8 Å². The number of aromatic nitrogens is 2. The van der Waals surface area contributed by atoms with Crippen LogP contribution in [0.3, 0.4) is 0 Å². The molecular formula is C13H18N4O2S2. The Kier molecular flexibility index (Phi) is 4.60. The lowest BCUT2D eigenvalue weighted by atomic mass is 10.1. The number of hydrogen-bond donors (Lipinski definition) is 2. The van der Waals surface area contributed by atoms with Crippen LogP contribution in [0.5, 0.6) is 0 Å². The number of pyridine rings is 1. The normalized spacial score (nSPS) is 12.3. The van der Waals surface area contributed by atoms with E-state index >= 15 is 0 Å². The highest BCUT2D eigenvalue weighted by atomic mass is 32.2. The van der Waals surface area contributed by atoms with Crippen LogP contribution in [0.2, 0.25) is 0 Å². The summed E-state index contributed by atoms with van der Waals surface area (Å²) in [4.78, 5) is 8.23. The van der Waals surface area contributed by atoms with Gasteiger partial charge < -0.3 is 5.32 Å². The number of rotatable bonds is 6. The van der Waals surface area contributed by atoms with E-state index in [-0.39, 0.29) is 4.90 Å². The molecule has 0 spiro atoms. The number of sulfonamides is 1. The topological polar surface area (TPSA) is 84.0 Å². The summed E-state index contributed by atoms with van der Waals surface area (Å²) in [6.07, 6.45) is 4.56. The lowest BCUT2D eigenvalue weighted by Gasteiger charge is -2.24. The second-order valence-corrected chi connectivity index (χ2v) is 7.52. The monoisotopic (exact) mass is 326 g/mol. The van der Waals surface area contributed by atoms with E-state index in [0.29, 0.717) is 17.2 Å². The minimum atomic E-state index is -3.71. The maximum Gasteiger partial charge on any atom is 0.245 e. The molecule has 0 aliphatic rings. The lowest BCUT2D eigenvalue weighted by Crippen LogP contribution is -2.41. The lowest BCUT2D eigenvalue weighted by molar-refractivity contribution is 0.470. The van der Waals surface area contributed by atoms with Crippen LogP contribution in [0.15, 0.2) is 34.9 Å². The number of thiazole rings is 1. The van der Waals surface area contributed by atoms with E-state index in [2.05, 4.69) is 20.0 Å². The Morgan fingerprint density at radius 1 is 1.33 bits per heavy atom. The average molecular weight is 326 g/mol. The third-order valence-corrected chi connectivity index (χ3v) is 5.58. The fraction of sp³-hybridized carbons (Fsp3) is 0.385. The molecule has 0 atom stereocenters. The predicted molar refractivity (Wildman–Crippen MR) is 83.9 cm³/mol. The zero-order valence-electron chi connectivity index (χ0n) is 12.1. The zero-order chi connectivity index (χ0) is 15.5. The molecule has 0 fully saturated rings. The van der Waals surface area contributed by atoms with Gasteiger partial charge in [0.05, 0.1) is 11.2 Å². The molecule has 0 aliphatic heterocycles. The van der Waals surface area contributed by atoms with Crippen molar-refractivity contribution in [1.82, 2.24) is 14.7 Å². The molecule has 2 aromatic heterocycles. The largest absolute Gasteiger partial charge is 0.384 e. The molecule has 0 saturated heterocycles. The minimum absolute atomic E-state index is 0.136. The summed E-state index contributed by atoms with van der Waals surface area (Å²) >= 11 is 1.41. The van der Waals surface area contributed by atoms with Gasteiger partial charge in [0.15, 0.2) is 0 Å². The molecule has 0 saturated carbocycles. The van der Waals surface area contributed by atoms with E-state index in [0.717, 1.165) is 0 Å². The molecule has 2 N–H and O–H groups in total. The van der Waals surface area contributed by atoms with Gasteiger partial charge in [-0.2, -0.15) is 4.72 Å². The van der Waals surface area contributed by atoms with E-state index in [9.17, 15) is 8.42 Å². The third kappa shape index (κ3) is 3.58. The van der Waals surface area contributed by atoms with Gasteiger partial charge in [-0.3, -0.25) is 4.98 Å². The van der Waals surface area contributed by atoms with Gasteiger partial charge in [0.2, 0.25) is 10.0 Å². The number of nitrogens with zero attached hydrogens (tertiary/aromatic N) is 2. The molecule has 0 unspecified atom stereocenters. The Morgan fingerprint density at radius 2 is 2.10 bits per heavy atom. The van der Waals surface area contributed by atoms with Gasteiger partial charge in [-0.15, -0.1) is 11.3 Å². The highest BCUT2D eigenvalue weighted by Crippen LogP contribution is 2.27. The van der Waals surface area contributed by atoms with Crippen LogP contribution >= 0.6 is 11.3 Å². The molecule has 0 amide bonds. The van der Waals surface area contributed by atoms with Crippen molar-refractivity contribution in [2.24, 2.45) is 0 Å². The quantitative estimate of drug-likeness (QED) is 0.850. The zero-order valence-corrected chi connectivity index (χ0v) is 13.8. The van der Waals surface area contributed by atoms with Crippen molar-refractivity contribution in [1.29, 1.82) is 0 Å². The van der Waals surface area contributed by atoms with Gasteiger partial charge in [0.1, 0.15) is 9.90 Å². The molecule has 0 aromatic carbocycles. The van der Waals surface area contributed by atoms with Crippen LogP contribution in [-0.4, -0.2) is 24.9 Å². The van der Waals surface area contributed by atoms with Gasteiger partial charge >= 0.3 is 0 Å². The van der Waals surface area contributed by atoms with E-state index in [1.807, 2.05) is 12.3 Å². The molecule has 0 radical (unpaired) electrons. The van der Waals surface area contributed by atoms with Gasteiger partial charge in [-0.1, -0.05) is 0 Å². The molecular weight excluding hydrogens is 308 g/mol. The summed E-state index contributed by atoms with van der Waals surface area (Å²) < 4.78 is 27.9. The first-order valence-electron chi connectivity index (χ1n) is 6.48. The smallest absolute Gasteiger partial charge is 0.245 e. The Hall–Kier alpha value is -1.51. The third-order valence-electron chi connectivity index (χ3n) is 2.80. The average Bonchev–Trinajstić information content (AvgIpc) is 2.93. The molecule has 2 heterocycles. The molecule has 2 rings (SSSR count). The molecule has 0 aliphatic carbocycles. The summed E-state index contributed by atoms with van der Waals surface area (Å²) in [5.74, 6) is 0. The maximum absolute atomic E-state index is 12.6. The second-order valence-electron chi connectivity index (χ2n) is 4.97. The van der Waals surface area contributed by atoms with Gasteiger partial charge in [-0.25, -0.2) is 13.4 Å². The van der Waals surface area contributed by atoms with Crippen molar-refractivity contribution in [3.8, 4) is 0 Å². The fourth-order valence-corrected chi connectivity index (χ4v) is 4.19. The van der Waals surface area contributed by atoms with Crippen LogP contribution in [0, 0.1) is 0 Å². The van der Waals surface area contributed by atoms with Crippen molar-refractivity contribution in [2.45, 2.75) is 31.2 Å². The summed E-state index contributed by atoms with van der Waals surface area (Å²) in [6.45, 7) is 6.10. The minimum Gasteiger partial charge on any atom is -0.384 e. The van der Waals surface area contributed by atoms with Crippen LogP contribution in [0.25, 0.3) is 0 Å². The van der Waals surface area contributed by atoms with Crippen LogP contribution in [-0.2, 0) is 15.6 Å². The Morgan fingerprint density at radius 3 is 2.71 bits per heavy atom. The van der Waals surface area contributed by atoms with Crippen molar-refractivity contribution < 1.29 is 8.42 Å². The highest BCUT2D eigenvalue weighted by molar-refractivity contribution is 7.89. The van der Waals surface area contributed by atoms with Crippen molar-refractivity contribution in [2.75, 3.05) is 11.9 Å². The summed E-state index contributed by atoms with van der Waals surface area (Å²) in [5, 5.41) is 5.56. The standard InChI is InChI=1S/C13H18N4O2S2/c1-4-15-10-5-6-14-9-11(10)21(18,19)17-13(2,3)12-16-7-8-20-12/h5-9,17H,4H2,1-3H3,(H,14,15). The second kappa shape index (κ2) is 6.08. The summed E-state index contributed by atoms with van der Waals surface area (Å²) in [5.41, 5.74) is -0.248. The molecule has 6 nitrogen and oxygen atoms in total. The van der Waals surface area contributed by atoms with Crippen LogP contribution < -0.4 is 10.0 Å². The van der Waals surface area contributed by atoms with Gasteiger partial charge in [0.25, 0.3) is 0 Å². The predicted octanol–water partition coefficient (Wildman–Crippen LogP) is 2.18. The fourth-order valence-electron chi connectivity index (χ4n) is 1.90. The van der Waals surface area contributed by atoms with Crippen molar-refractivity contribution >= 4 is 27.0 Å². The summed E-state index contributed by atoms with van der Waals surface area (Å²) in [7, 11) is -3.71. The molecule has 114 valence electrons. The summed E-state index contributed by atoms with van der Waals surface area (Å²) in [6, 6.07) is 1.65. The Labute approximate surface area is 128 Å². The van der Waals surface area contributed by atoms with Crippen LogP contribution in [0.4, 0.5) is 5.69 Å². The SMILES string of the molecule is CCNc1ccncc1S(=O)(=O)NC(C)(C)c1nccs1. The molecule has 21 heavy (non-hydrogen) atoms. The Bertz CT molecular complexity index is 697. The highest BCUT2D eigenvalue weighted by Gasteiger charge is 2.31. The number of hydrogen-bond acceptors (Lipinski definition) is 6. The van der Waals surface area contributed by atoms with Gasteiger partial charge in [-0.05, 0) is 26.8 Å². The Balaban J connectivity index is 2.35. The van der Waals surface area contributed by atoms with E-state index in [4.69, 9.17) is 0 Å². The van der Waals surface area contributed by atoms with E-state index in [1.165, 1.54) is 17.5 Å². The molecule has 8 heteroatoms. The number of anilines is 1. The first-order chi connectivity index (χ1) is 9.87. The van der Waals surface area contributed by atoms with E-state index in [1.54, 1.807) is 32.3 Å². The molecule has 2 aromatic rings. The van der Waals surface area contributed by atoms with Gasteiger partial charge in [0, 0.05) is 30.5 Å². The maximum atomic E-state index is 12.6.